The molecule has 0 radical (unpaired) electrons. The predicted molar refractivity (Wildman–Crippen MR) is 55.9 cm³/mol. The van der Waals surface area contributed by atoms with Crippen molar-refractivity contribution >= 4 is 18.3 Å². The first-order valence-corrected chi connectivity index (χ1v) is 6.48. The van der Waals surface area contributed by atoms with Crippen LogP contribution in [-0.4, -0.2) is 0 Å². The summed E-state index contributed by atoms with van der Waals surface area (Å²) in [5, 5.41) is 2.92. The van der Waals surface area contributed by atoms with E-state index in [0.717, 1.165) is 5.56 Å². The van der Waals surface area contributed by atoms with Crippen molar-refractivity contribution in [3.63, 3.8) is 0 Å². The van der Waals surface area contributed by atoms with Crippen molar-refractivity contribution in [2.24, 2.45) is 11.0 Å². The van der Waals surface area contributed by atoms with Gasteiger partial charge in [0.15, 0.2) is 0 Å². The molecule has 0 amide bonds. The molecule has 0 aliphatic heterocycles. The summed E-state index contributed by atoms with van der Waals surface area (Å²) in [5.74, 6) is 0. The summed E-state index contributed by atoms with van der Waals surface area (Å²) >= 11 is 4.84. The lowest BCUT2D eigenvalue weighted by atomic mass is 10.2. The monoisotopic (exact) mass is 201 g/mol. The quantitative estimate of drug-likeness (QED) is 0.636. The van der Waals surface area contributed by atoms with Gasteiger partial charge in [0.1, 0.15) is 6.49 Å². The van der Waals surface area contributed by atoms with E-state index in [0.29, 0.717) is 6.54 Å². The van der Waals surface area contributed by atoms with Crippen LogP contribution in [0.4, 0.5) is 0 Å². The van der Waals surface area contributed by atoms with Gasteiger partial charge in [-0.25, -0.2) is 0 Å². The van der Waals surface area contributed by atoms with Crippen molar-refractivity contribution in [3.05, 3.63) is 35.9 Å². The predicted octanol–water partition coefficient (Wildman–Crippen LogP) is 0.918. The minimum Gasteiger partial charge on any atom is -0.280 e. The Bertz CT molecular complexity index is 282. The summed E-state index contributed by atoms with van der Waals surface area (Å²) in [6.07, 6.45) is 0. The zero-order chi connectivity index (χ0) is 9.03. The van der Waals surface area contributed by atoms with E-state index in [1.54, 1.807) is 0 Å². The fourth-order valence-corrected chi connectivity index (χ4v) is 1.43. The SMILES string of the molecule is NP(N)(=S)NCc1ccccc1. The molecule has 0 aliphatic carbocycles. The topological polar surface area (TPSA) is 64.1 Å². The maximum atomic E-state index is 5.48. The van der Waals surface area contributed by atoms with Gasteiger partial charge in [0.05, 0.1) is 0 Å². The third-order valence-corrected chi connectivity index (χ3v) is 2.41. The maximum absolute atomic E-state index is 5.48. The van der Waals surface area contributed by atoms with E-state index >= 15 is 0 Å². The number of hydrogen-bond donors (Lipinski definition) is 3. The van der Waals surface area contributed by atoms with Crippen LogP contribution >= 0.6 is 6.49 Å². The highest BCUT2D eigenvalue weighted by atomic mass is 32.4. The van der Waals surface area contributed by atoms with Gasteiger partial charge in [-0.3, -0.25) is 16.1 Å². The highest BCUT2D eigenvalue weighted by Crippen LogP contribution is 2.18. The number of hydrogen-bond acceptors (Lipinski definition) is 1. The van der Waals surface area contributed by atoms with E-state index < -0.39 is 6.49 Å². The number of rotatable bonds is 3. The molecule has 0 heterocycles. The molecule has 12 heavy (non-hydrogen) atoms. The third-order valence-electron chi connectivity index (χ3n) is 1.37. The second-order valence-electron chi connectivity index (χ2n) is 2.53. The first-order chi connectivity index (χ1) is 5.58. The van der Waals surface area contributed by atoms with E-state index in [1.165, 1.54) is 0 Å². The van der Waals surface area contributed by atoms with Crippen molar-refractivity contribution in [1.82, 2.24) is 5.09 Å². The molecule has 1 aromatic rings. The van der Waals surface area contributed by atoms with Crippen LogP contribution in [0, 0.1) is 0 Å². The van der Waals surface area contributed by atoms with Crippen molar-refractivity contribution < 1.29 is 0 Å². The summed E-state index contributed by atoms with van der Waals surface area (Å²) in [7, 11) is 0. The molecule has 5 heteroatoms. The molecule has 1 aromatic carbocycles. The van der Waals surface area contributed by atoms with Gasteiger partial charge in [0, 0.05) is 6.54 Å². The third kappa shape index (κ3) is 3.95. The molecule has 0 saturated carbocycles. The molecule has 0 unspecified atom stereocenters. The molecule has 0 aliphatic rings. The molecule has 0 saturated heterocycles. The van der Waals surface area contributed by atoms with Gasteiger partial charge in [-0.2, -0.15) is 0 Å². The zero-order valence-electron chi connectivity index (χ0n) is 6.60. The molecular weight excluding hydrogens is 189 g/mol. The Morgan fingerprint density at radius 1 is 1.25 bits per heavy atom. The van der Waals surface area contributed by atoms with Gasteiger partial charge in [-0.1, -0.05) is 30.3 Å². The molecule has 0 fully saturated rings. The number of nitrogens with one attached hydrogen (secondary N) is 1. The Morgan fingerprint density at radius 3 is 2.33 bits per heavy atom. The molecular formula is C7H12N3PS. The average Bonchev–Trinajstić information content (AvgIpc) is 2.02. The van der Waals surface area contributed by atoms with Crippen LogP contribution in [0.1, 0.15) is 5.56 Å². The second-order valence-corrected chi connectivity index (χ2v) is 6.08. The summed E-state index contributed by atoms with van der Waals surface area (Å²) in [4.78, 5) is 0. The molecule has 3 nitrogen and oxygen atoms in total. The highest BCUT2D eigenvalue weighted by molar-refractivity contribution is 8.11. The molecule has 5 N–H and O–H groups in total. The fraction of sp³-hybridized carbons (Fsp3) is 0.143. The lowest BCUT2D eigenvalue weighted by molar-refractivity contribution is 0.954. The number of nitrogens with two attached hydrogens (primary N) is 2. The van der Waals surface area contributed by atoms with Crippen molar-refractivity contribution in [3.8, 4) is 0 Å². The maximum Gasteiger partial charge on any atom is 0.132 e. The van der Waals surface area contributed by atoms with Crippen LogP contribution in [0.25, 0.3) is 0 Å². The van der Waals surface area contributed by atoms with Crippen molar-refractivity contribution in [2.75, 3.05) is 0 Å². The molecule has 0 spiro atoms. The summed E-state index contributed by atoms with van der Waals surface area (Å²) in [6, 6.07) is 9.89. The van der Waals surface area contributed by atoms with Crippen molar-refractivity contribution in [1.29, 1.82) is 0 Å². The molecule has 66 valence electrons. The fourth-order valence-electron chi connectivity index (χ4n) is 0.811. The molecule has 1 rings (SSSR count). The van der Waals surface area contributed by atoms with Gasteiger partial charge in [0.2, 0.25) is 0 Å². The Balaban J connectivity index is 2.50. The summed E-state index contributed by atoms with van der Waals surface area (Å²) < 4.78 is 0. The first kappa shape index (κ1) is 9.84. The lowest BCUT2D eigenvalue weighted by Gasteiger charge is -2.11. The van der Waals surface area contributed by atoms with Gasteiger partial charge >= 0.3 is 0 Å². The smallest absolute Gasteiger partial charge is 0.132 e. The number of benzene rings is 1. The average molecular weight is 201 g/mol. The molecule has 0 aromatic heterocycles. The zero-order valence-corrected chi connectivity index (χ0v) is 8.31. The Kier molecular flexibility index (Phi) is 3.38. The largest absolute Gasteiger partial charge is 0.280 e. The second kappa shape index (κ2) is 4.12. The van der Waals surface area contributed by atoms with Crippen LogP contribution in [0.5, 0.6) is 0 Å². The van der Waals surface area contributed by atoms with Crippen molar-refractivity contribution in [2.45, 2.75) is 6.54 Å². The summed E-state index contributed by atoms with van der Waals surface area (Å²) in [6.45, 7) is -1.60. The van der Waals surface area contributed by atoms with Crippen LogP contribution in [0.3, 0.4) is 0 Å². The van der Waals surface area contributed by atoms with Crippen LogP contribution in [0.15, 0.2) is 30.3 Å². The first-order valence-electron chi connectivity index (χ1n) is 3.54. The van der Waals surface area contributed by atoms with Crippen LogP contribution in [-0.2, 0) is 18.4 Å². The molecule has 0 bridgehead atoms. The van der Waals surface area contributed by atoms with Gasteiger partial charge < -0.3 is 0 Å². The van der Waals surface area contributed by atoms with E-state index in [1.807, 2.05) is 30.3 Å². The van der Waals surface area contributed by atoms with E-state index in [-0.39, 0.29) is 0 Å². The lowest BCUT2D eigenvalue weighted by Crippen LogP contribution is -2.21. The highest BCUT2D eigenvalue weighted by Gasteiger charge is 2.00. The van der Waals surface area contributed by atoms with E-state index in [2.05, 4.69) is 5.09 Å². The Labute approximate surface area is 77.3 Å². The van der Waals surface area contributed by atoms with E-state index in [4.69, 9.17) is 22.8 Å². The minimum absolute atomic E-state index is 0.644. The van der Waals surface area contributed by atoms with Gasteiger partial charge in [-0.15, -0.1) is 0 Å². The van der Waals surface area contributed by atoms with Crippen LogP contribution < -0.4 is 16.1 Å². The minimum atomic E-state index is -2.25. The Hall–Kier alpha value is -0.250. The van der Waals surface area contributed by atoms with Gasteiger partial charge in [0.25, 0.3) is 0 Å². The standard InChI is InChI=1S/C7H12N3PS/c8-11(9,12)10-6-7-4-2-1-3-5-7/h1-5H,6H2,(H5,8,9,10,12). The van der Waals surface area contributed by atoms with Gasteiger partial charge in [-0.05, 0) is 17.4 Å². The summed E-state index contributed by atoms with van der Waals surface area (Å²) in [5.41, 5.74) is 12.1. The Morgan fingerprint density at radius 2 is 1.83 bits per heavy atom. The normalized spacial score (nSPS) is 11.5. The van der Waals surface area contributed by atoms with E-state index in [9.17, 15) is 0 Å². The van der Waals surface area contributed by atoms with Crippen LogP contribution in [0.2, 0.25) is 0 Å². The molecule has 0 atom stereocenters.